The van der Waals surface area contributed by atoms with Gasteiger partial charge in [0.1, 0.15) is 0 Å². The van der Waals surface area contributed by atoms with Crippen LogP contribution in [0, 0.1) is 5.92 Å². The number of rotatable bonds is 5. The number of unbranched alkanes of at least 4 members (excludes halogenated alkanes) is 1. The van der Waals surface area contributed by atoms with Crippen LogP contribution in [0.3, 0.4) is 0 Å². The molecule has 1 atom stereocenters. The van der Waals surface area contributed by atoms with Gasteiger partial charge in [0.25, 0.3) is 10.1 Å². The van der Waals surface area contributed by atoms with E-state index in [4.69, 9.17) is 4.55 Å². The number of hydrogen-bond acceptors (Lipinski definition) is 4. The molecule has 0 aromatic rings. The first kappa shape index (κ1) is 12.1. The Labute approximate surface area is 87.8 Å². The zero-order valence-electron chi connectivity index (χ0n) is 8.10. The van der Waals surface area contributed by atoms with E-state index in [0.717, 1.165) is 0 Å². The summed E-state index contributed by atoms with van der Waals surface area (Å²) in [5, 5.41) is 2.18. The average Bonchev–Trinajstić information content (AvgIpc) is 2.37. The maximum Gasteiger partial charge on any atom is 0.264 e. The smallest absolute Gasteiger partial charge is 0.264 e. The van der Waals surface area contributed by atoms with E-state index in [1.165, 1.54) is 0 Å². The van der Waals surface area contributed by atoms with E-state index in [0.29, 0.717) is 19.3 Å². The van der Waals surface area contributed by atoms with E-state index in [9.17, 15) is 18.0 Å². The monoisotopic (exact) mass is 235 g/mol. The maximum absolute atomic E-state index is 11.1. The fourth-order valence-electron chi connectivity index (χ4n) is 1.52. The molecule has 1 fully saturated rings. The highest BCUT2D eigenvalue weighted by atomic mass is 32.2. The highest BCUT2D eigenvalue weighted by Crippen LogP contribution is 2.17. The topological polar surface area (TPSA) is 101 Å². The van der Waals surface area contributed by atoms with Crippen LogP contribution in [0.1, 0.15) is 25.7 Å². The molecule has 0 aliphatic carbocycles. The van der Waals surface area contributed by atoms with E-state index in [1.807, 2.05) is 0 Å². The molecule has 1 saturated heterocycles. The van der Waals surface area contributed by atoms with Gasteiger partial charge in [-0.05, 0) is 12.8 Å². The van der Waals surface area contributed by atoms with Crippen LogP contribution in [0.15, 0.2) is 0 Å². The van der Waals surface area contributed by atoms with Crippen molar-refractivity contribution in [3.05, 3.63) is 0 Å². The van der Waals surface area contributed by atoms with Crippen molar-refractivity contribution in [1.82, 2.24) is 5.32 Å². The SMILES string of the molecule is O=C1CC(CCCCS(=O)(=O)O)C(=O)N1. The Morgan fingerprint density at radius 1 is 1.33 bits per heavy atom. The third-order valence-corrected chi connectivity index (χ3v) is 3.07. The quantitative estimate of drug-likeness (QED) is 0.387. The Hall–Kier alpha value is -0.950. The average molecular weight is 235 g/mol. The fraction of sp³-hybridized carbons (Fsp3) is 0.750. The number of nitrogens with one attached hydrogen (secondary N) is 1. The normalized spacial score (nSPS) is 21.8. The second-order valence-corrected chi connectivity index (χ2v) is 5.17. The lowest BCUT2D eigenvalue weighted by molar-refractivity contribution is -0.125. The van der Waals surface area contributed by atoms with Crippen LogP contribution in [0.4, 0.5) is 0 Å². The van der Waals surface area contributed by atoms with Crippen LogP contribution in [0.25, 0.3) is 0 Å². The summed E-state index contributed by atoms with van der Waals surface area (Å²) in [4.78, 5) is 21.9. The Bertz CT molecular complexity index is 361. The van der Waals surface area contributed by atoms with Crippen LogP contribution < -0.4 is 5.32 Å². The van der Waals surface area contributed by atoms with E-state index < -0.39 is 10.1 Å². The summed E-state index contributed by atoms with van der Waals surface area (Å²) in [5.41, 5.74) is 0. The molecule has 0 aromatic heterocycles. The summed E-state index contributed by atoms with van der Waals surface area (Å²) in [6.07, 6.45) is 1.47. The van der Waals surface area contributed by atoms with Gasteiger partial charge in [-0.1, -0.05) is 6.42 Å². The Kier molecular flexibility index (Phi) is 3.81. The van der Waals surface area contributed by atoms with E-state index >= 15 is 0 Å². The third kappa shape index (κ3) is 4.39. The van der Waals surface area contributed by atoms with Gasteiger partial charge in [0, 0.05) is 12.3 Å². The molecule has 0 spiro atoms. The van der Waals surface area contributed by atoms with Crippen molar-refractivity contribution in [3.63, 3.8) is 0 Å². The molecular formula is C8H13NO5S. The zero-order chi connectivity index (χ0) is 11.5. The van der Waals surface area contributed by atoms with Crippen LogP contribution in [0.2, 0.25) is 0 Å². The molecule has 0 radical (unpaired) electrons. The summed E-state index contributed by atoms with van der Waals surface area (Å²) >= 11 is 0. The van der Waals surface area contributed by atoms with Crippen LogP contribution >= 0.6 is 0 Å². The number of hydrogen-bond donors (Lipinski definition) is 2. The number of amides is 2. The van der Waals surface area contributed by atoms with Crippen LogP contribution in [-0.2, 0) is 19.7 Å². The Morgan fingerprint density at radius 2 is 2.00 bits per heavy atom. The van der Waals surface area contributed by atoms with Gasteiger partial charge < -0.3 is 0 Å². The number of carbonyl (C=O) groups is 2. The summed E-state index contributed by atoms with van der Waals surface area (Å²) in [6, 6.07) is 0. The highest BCUT2D eigenvalue weighted by molar-refractivity contribution is 7.85. The molecule has 6 nitrogen and oxygen atoms in total. The van der Waals surface area contributed by atoms with Gasteiger partial charge in [-0.25, -0.2) is 0 Å². The molecule has 2 N–H and O–H groups in total. The molecule has 7 heteroatoms. The Balaban J connectivity index is 2.21. The van der Waals surface area contributed by atoms with Crippen molar-refractivity contribution in [2.75, 3.05) is 5.75 Å². The van der Waals surface area contributed by atoms with Gasteiger partial charge in [0.15, 0.2) is 0 Å². The maximum atomic E-state index is 11.1. The summed E-state index contributed by atoms with van der Waals surface area (Å²) in [5.74, 6) is -1.19. The van der Waals surface area contributed by atoms with Gasteiger partial charge in [0.2, 0.25) is 11.8 Å². The second kappa shape index (κ2) is 4.71. The number of imide groups is 1. The molecule has 0 aromatic carbocycles. The third-order valence-electron chi connectivity index (χ3n) is 2.27. The van der Waals surface area contributed by atoms with Crippen LogP contribution in [-0.4, -0.2) is 30.5 Å². The number of carbonyl (C=O) groups excluding carboxylic acids is 2. The largest absolute Gasteiger partial charge is 0.296 e. The van der Waals surface area contributed by atoms with Crippen molar-refractivity contribution in [3.8, 4) is 0 Å². The molecule has 1 rings (SSSR count). The van der Waals surface area contributed by atoms with Gasteiger partial charge in [0.05, 0.1) is 5.75 Å². The Morgan fingerprint density at radius 3 is 2.47 bits per heavy atom. The lowest BCUT2D eigenvalue weighted by Crippen LogP contribution is -2.22. The van der Waals surface area contributed by atoms with E-state index in [1.54, 1.807) is 0 Å². The van der Waals surface area contributed by atoms with E-state index in [-0.39, 0.29) is 29.9 Å². The molecule has 2 amide bonds. The van der Waals surface area contributed by atoms with Crippen molar-refractivity contribution in [2.45, 2.75) is 25.7 Å². The molecule has 1 heterocycles. The lowest BCUT2D eigenvalue weighted by atomic mass is 10.0. The molecule has 0 saturated carbocycles. The minimum atomic E-state index is -3.91. The molecule has 86 valence electrons. The lowest BCUT2D eigenvalue weighted by Gasteiger charge is -2.04. The zero-order valence-corrected chi connectivity index (χ0v) is 8.92. The van der Waals surface area contributed by atoms with Crippen molar-refractivity contribution in [1.29, 1.82) is 0 Å². The fourth-order valence-corrected chi connectivity index (χ4v) is 2.08. The molecule has 0 bridgehead atoms. The van der Waals surface area contributed by atoms with Gasteiger partial charge >= 0.3 is 0 Å². The summed E-state index contributed by atoms with van der Waals surface area (Å²) in [6.45, 7) is 0. The van der Waals surface area contributed by atoms with Gasteiger partial charge in [-0.3, -0.25) is 19.5 Å². The summed E-state index contributed by atoms with van der Waals surface area (Å²) < 4.78 is 29.2. The minimum absolute atomic E-state index is 0.185. The predicted octanol–water partition coefficient (Wildman–Crippen LogP) is -0.293. The molecule has 1 aliphatic rings. The highest BCUT2D eigenvalue weighted by Gasteiger charge is 2.29. The second-order valence-electron chi connectivity index (χ2n) is 3.60. The molecule has 1 aliphatic heterocycles. The first-order valence-corrected chi connectivity index (χ1v) is 6.28. The van der Waals surface area contributed by atoms with Crippen molar-refractivity contribution in [2.24, 2.45) is 5.92 Å². The van der Waals surface area contributed by atoms with Gasteiger partial charge in [-0.15, -0.1) is 0 Å². The van der Waals surface area contributed by atoms with Crippen molar-refractivity contribution >= 4 is 21.9 Å². The standard InChI is InChI=1S/C8H13NO5S/c10-7-5-6(8(11)9-7)3-1-2-4-15(12,13)14/h6H,1-5H2,(H,9,10,11)(H,12,13,14). The first-order valence-electron chi connectivity index (χ1n) is 4.67. The summed E-state index contributed by atoms with van der Waals surface area (Å²) in [7, 11) is -3.91. The molecule has 1 unspecified atom stereocenters. The van der Waals surface area contributed by atoms with Gasteiger partial charge in [-0.2, -0.15) is 8.42 Å². The first-order chi connectivity index (χ1) is 6.88. The molecular weight excluding hydrogens is 222 g/mol. The molecule has 15 heavy (non-hydrogen) atoms. The minimum Gasteiger partial charge on any atom is -0.296 e. The van der Waals surface area contributed by atoms with Crippen LogP contribution in [0.5, 0.6) is 0 Å². The predicted molar refractivity (Wildman–Crippen MR) is 51.5 cm³/mol. The van der Waals surface area contributed by atoms with Crippen molar-refractivity contribution < 1.29 is 22.6 Å². The van der Waals surface area contributed by atoms with E-state index in [2.05, 4.69) is 5.32 Å².